The van der Waals surface area contributed by atoms with Gasteiger partial charge in [0.25, 0.3) is 0 Å². The number of ether oxygens (including phenoxy) is 1. The summed E-state index contributed by atoms with van der Waals surface area (Å²) in [5, 5.41) is 6.95. The lowest BCUT2D eigenvalue weighted by Crippen LogP contribution is -2.48. The van der Waals surface area contributed by atoms with Crippen molar-refractivity contribution in [3.05, 3.63) is 30.1 Å². The first kappa shape index (κ1) is 25.9. The molecule has 8 heteroatoms. The van der Waals surface area contributed by atoms with Crippen molar-refractivity contribution in [2.45, 2.75) is 65.6 Å². The molecule has 0 aromatic carbocycles. The lowest BCUT2D eigenvalue weighted by Gasteiger charge is -2.33. The van der Waals surface area contributed by atoms with Gasteiger partial charge in [0, 0.05) is 58.6 Å². The Bertz CT molecular complexity index is 711. The van der Waals surface area contributed by atoms with E-state index >= 15 is 0 Å². The number of amides is 1. The summed E-state index contributed by atoms with van der Waals surface area (Å²) in [6, 6.07) is 6.49. The van der Waals surface area contributed by atoms with Gasteiger partial charge in [-0.25, -0.2) is 4.79 Å². The molecule has 0 spiro atoms. The van der Waals surface area contributed by atoms with Crippen LogP contribution in [-0.4, -0.2) is 78.3 Å². The number of hydrogen-bond acceptors (Lipinski definition) is 5. The Balaban J connectivity index is 1.78. The van der Waals surface area contributed by atoms with Gasteiger partial charge in [0.1, 0.15) is 5.60 Å². The van der Waals surface area contributed by atoms with Crippen LogP contribution < -0.4 is 10.6 Å². The highest BCUT2D eigenvalue weighted by molar-refractivity contribution is 5.80. The molecule has 1 aliphatic rings. The second-order valence-corrected chi connectivity index (χ2v) is 9.70. The van der Waals surface area contributed by atoms with E-state index in [2.05, 4.69) is 40.4 Å². The Morgan fingerprint density at radius 1 is 1.34 bits per heavy atom. The van der Waals surface area contributed by atoms with E-state index in [9.17, 15) is 4.79 Å². The predicted octanol–water partition coefficient (Wildman–Crippen LogP) is 3.10. The zero-order chi connectivity index (χ0) is 23.6. The smallest absolute Gasteiger partial charge is 0.410 e. The number of pyridine rings is 1. The van der Waals surface area contributed by atoms with Crippen molar-refractivity contribution in [2.24, 2.45) is 10.9 Å². The lowest BCUT2D eigenvalue weighted by molar-refractivity contribution is 0.0279. The molecule has 0 bridgehead atoms. The van der Waals surface area contributed by atoms with E-state index in [4.69, 9.17) is 9.73 Å². The maximum atomic E-state index is 12.2. The van der Waals surface area contributed by atoms with E-state index in [-0.39, 0.29) is 12.0 Å². The number of guanidine groups is 1. The second kappa shape index (κ2) is 12.6. The molecule has 1 unspecified atom stereocenters. The van der Waals surface area contributed by atoms with Crippen LogP contribution in [0.3, 0.4) is 0 Å². The summed E-state index contributed by atoms with van der Waals surface area (Å²) in [7, 11) is 1.77. The fourth-order valence-electron chi connectivity index (χ4n) is 3.66. The Morgan fingerprint density at radius 2 is 2.06 bits per heavy atom. The van der Waals surface area contributed by atoms with Crippen LogP contribution in [0.4, 0.5) is 4.79 Å². The topological polar surface area (TPSA) is 82.1 Å². The average Bonchev–Trinajstić information content (AvgIpc) is 2.73. The van der Waals surface area contributed by atoms with Crippen LogP contribution in [0.1, 0.15) is 53.2 Å². The Labute approximate surface area is 193 Å². The molecule has 1 saturated heterocycles. The first-order valence-electron chi connectivity index (χ1n) is 11.8. The third-order valence-corrected chi connectivity index (χ3v) is 5.24. The number of piperidine rings is 1. The van der Waals surface area contributed by atoms with E-state index in [1.165, 1.54) is 0 Å². The maximum absolute atomic E-state index is 12.2. The van der Waals surface area contributed by atoms with Gasteiger partial charge in [-0.1, -0.05) is 13.0 Å². The van der Waals surface area contributed by atoms with Crippen LogP contribution in [0.15, 0.2) is 29.4 Å². The molecule has 0 saturated carbocycles. The summed E-state index contributed by atoms with van der Waals surface area (Å²) < 4.78 is 5.43. The highest BCUT2D eigenvalue weighted by Gasteiger charge is 2.22. The molecule has 1 atom stereocenters. The predicted molar refractivity (Wildman–Crippen MR) is 130 cm³/mol. The minimum atomic E-state index is -0.484. The lowest BCUT2D eigenvalue weighted by atomic mass is 10.0. The van der Waals surface area contributed by atoms with Crippen LogP contribution in [0, 0.1) is 5.92 Å². The summed E-state index contributed by atoms with van der Waals surface area (Å²) in [6.45, 7) is 14.9. The summed E-state index contributed by atoms with van der Waals surface area (Å²) >= 11 is 0. The molecule has 32 heavy (non-hydrogen) atoms. The second-order valence-electron chi connectivity index (χ2n) is 9.70. The van der Waals surface area contributed by atoms with Crippen molar-refractivity contribution >= 4 is 12.1 Å². The Hall–Kier alpha value is -2.35. The standard InChI is InChI=1S/C24H42N6O2/c1-7-25-22(27-16-19(2)17-29(6)23(31)32-24(3,4)5)28-20-11-14-30(15-12-20)18-21-10-8-9-13-26-21/h8-10,13,19-20H,7,11-12,14-18H2,1-6H3,(H2,25,27,28). The molecule has 1 amide bonds. The zero-order valence-corrected chi connectivity index (χ0v) is 20.7. The first-order valence-corrected chi connectivity index (χ1v) is 11.8. The SMILES string of the molecule is CCNC(=NCC(C)CN(C)C(=O)OC(C)(C)C)NC1CCN(Cc2ccccn2)CC1. The number of carbonyl (C=O) groups excluding carboxylic acids is 1. The molecular formula is C24H42N6O2. The molecule has 8 nitrogen and oxygen atoms in total. The zero-order valence-electron chi connectivity index (χ0n) is 20.7. The van der Waals surface area contributed by atoms with Crippen molar-refractivity contribution in [3.63, 3.8) is 0 Å². The summed E-state index contributed by atoms with van der Waals surface area (Å²) in [5.41, 5.74) is 0.640. The maximum Gasteiger partial charge on any atom is 0.410 e. The number of nitrogens with one attached hydrogen (secondary N) is 2. The molecule has 2 N–H and O–H groups in total. The van der Waals surface area contributed by atoms with E-state index in [0.717, 1.165) is 50.7 Å². The molecule has 180 valence electrons. The van der Waals surface area contributed by atoms with Gasteiger partial charge in [0.15, 0.2) is 5.96 Å². The highest BCUT2D eigenvalue weighted by Crippen LogP contribution is 2.13. The minimum absolute atomic E-state index is 0.225. The highest BCUT2D eigenvalue weighted by atomic mass is 16.6. The van der Waals surface area contributed by atoms with Crippen molar-refractivity contribution in [1.29, 1.82) is 0 Å². The third-order valence-electron chi connectivity index (χ3n) is 5.24. The summed E-state index contributed by atoms with van der Waals surface area (Å²) in [6.07, 6.45) is 3.72. The molecule has 0 radical (unpaired) electrons. The van der Waals surface area contributed by atoms with Gasteiger partial charge in [0.05, 0.1) is 5.69 Å². The molecule has 1 aromatic heterocycles. The van der Waals surface area contributed by atoms with Crippen molar-refractivity contribution < 1.29 is 9.53 Å². The van der Waals surface area contributed by atoms with E-state index in [1.807, 2.05) is 39.1 Å². The average molecular weight is 447 g/mol. The number of likely N-dealkylation sites (tertiary alicyclic amines) is 1. The Morgan fingerprint density at radius 3 is 2.66 bits per heavy atom. The molecule has 1 aromatic rings. The quantitative estimate of drug-likeness (QED) is 0.472. The number of aliphatic imine (C=N–C) groups is 1. The normalized spacial score (nSPS) is 17.0. The molecular weight excluding hydrogens is 404 g/mol. The molecule has 1 aliphatic heterocycles. The van der Waals surface area contributed by atoms with Crippen LogP contribution in [-0.2, 0) is 11.3 Å². The van der Waals surface area contributed by atoms with Crippen LogP contribution in [0.5, 0.6) is 0 Å². The van der Waals surface area contributed by atoms with Gasteiger partial charge in [-0.3, -0.25) is 14.9 Å². The molecule has 1 fully saturated rings. The van der Waals surface area contributed by atoms with E-state index in [1.54, 1.807) is 11.9 Å². The first-order chi connectivity index (χ1) is 15.2. The van der Waals surface area contributed by atoms with Crippen LogP contribution in [0.25, 0.3) is 0 Å². The van der Waals surface area contributed by atoms with Gasteiger partial charge < -0.3 is 20.3 Å². The molecule has 0 aliphatic carbocycles. The van der Waals surface area contributed by atoms with Crippen molar-refractivity contribution in [2.75, 3.05) is 39.8 Å². The Kier molecular flexibility index (Phi) is 10.2. The summed E-state index contributed by atoms with van der Waals surface area (Å²) in [5.74, 6) is 1.07. The van der Waals surface area contributed by atoms with E-state index in [0.29, 0.717) is 19.1 Å². The number of nitrogens with zero attached hydrogens (tertiary/aromatic N) is 4. The van der Waals surface area contributed by atoms with Crippen molar-refractivity contribution in [1.82, 2.24) is 25.4 Å². The third kappa shape index (κ3) is 9.85. The summed E-state index contributed by atoms with van der Waals surface area (Å²) in [4.78, 5) is 25.5. The molecule has 2 rings (SSSR count). The fraction of sp³-hybridized carbons (Fsp3) is 0.708. The van der Waals surface area contributed by atoms with Gasteiger partial charge in [-0.15, -0.1) is 0 Å². The molecule has 2 heterocycles. The fourth-order valence-corrected chi connectivity index (χ4v) is 3.66. The number of carbonyl (C=O) groups is 1. The van der Waals surface area contributed by atoms with Gasteiger partial charge >= 0.3 is 6.09 Å². The van der Waals surface area contributed by atoms with Gasteiger partial charge in [-0.05, 0) is 58.6 Å². The van der Waals surface area contributed by atoms with Gasteiger partial charge in [-0.2, -0.15) is 0 Å². The van der Waals surface area contributed by atoms with E-state index < -0.39 is 5.60 Å². The number of rotatable bonds is 8. The number of aromatic nitrogens is 1. The minimum Gasteiger partial charge on any atom is -0.444 e. The largest absolute Gasteiger partial charge is 0.444 e. The number of hydrogen-bond donors (Lipinski definition) is 2. The van der Waals surface area contributed by atoms with Crippen molar-refractivity contribution in [3.8, 4) is 0 Å². The van der Waals surface area contributed by atoms with Gasteiger partial charge in [0.2, 0.25) is 0 Å². The monoisotopic (exact) mass is 446 g/mol. The van der Waals surface area contributed by atoms with Crippen LogP contribution in [0.2, 0.25) is 0 Å². The van der Waals surface area contributed by atoms with Crippen LogP contribution >= 0.6 is 0 Å².